The fraction of sp³-hybridized carbons (Fsp3) is 0.750. The van der Waals surface area contributed by atoms with Gasteiger partial charge in [0.1, 0.15) is 6.10 Å². The molecule has 0 N–H and O–H groups in total. The molecular weight excluding hydrogens is 358 g/mol. The first-order valence-electron chi connectivity index (χ1n) is 11.4. The summed E-state index contributed by atoms with van der Waals surface area (Å²) in [7, 11) is 0. The zero-order valence-corrected chi connectivity index (χ0v) is 17.1. The number of ether oxygens (including phenoxy) is 2. The van der Waals surface area contributed by atoms with Gasteiger partial charge in [-0.05, 0) is 74.3 Å². The second kappa shape index (κ2) is 9.11. The molecule has 1 atom stereocenters. The van der Waals surface area contributed by atoms with E-state index in [2.05, 4.69) is 6.92 Å². The van der Waals surface area contributed by atoms with Crippen LogP contribution in [0.4, 0.5) is 8.78 Å². The summed E-state index contributed by atoms with van der Waals surface area (Å²) in [5.74, 6) is 1.57. The summed E-state index contributed by atoms with van der Waals surface area (Å²) < 4.78 is 39.1. The molecule has 3 fully saturated rings. The minimum atomic E-state index is -0.870. The van der Waals surface area contributed by atoms with Gasteiger partial charge >= 0.3 is 0 Å². The highest BCUT2D eigenvalue weighted by Gasteiger charge is 2.32. The molecule has 4 heteroatoms. The zero-order chi connectivity index (χ0) is 19.5. The van der Waals surface area contributed by atoms with E-state index in [-0.39, 0.29) is 11.9 Å². The standard InChI is InChI=1S/C24H34F2O2/c1-2-3-16-4-8-18(9-5-16)19-10-6-17(7-11-19)14-27-21-13-12-20(22-15-28-22)23(25)24(21)26/h12-13,16-19,22H,2-11,14-15H2,1H3. The summed E-state index contributed by atoms with van der Waals surface area (Å²) in [6.45, 7) is 3.26. The highest BCUT2D eigenvalue weighted by molar-refractivity contribution is 5.33. The Hall–Kier alpha value is -1.16. The van der Waals surface area contributed by atoms with Crippen LogP contribution in [0.5, 0.6) is 5.75 Å². The van der Waals surface area contributed by atoms with Gasteiger partial charge in [0.25, 0.3) is 0 Å². The SMILES string of the molecule is CCCC1CCC(C2CCC(COc3ccc(C4CO4)c(F)c3F)CC2)CC1. The van der Waals surface area contributed by atoms with Crippen LogP contribution in [0.15, 0.2) is 12.1 Å². The van der Waals surface area contributed by atoms with E-state index >= 15 is 0 Å². The van der Waals surface area contributed by atoms with Crippen molar-refractivity contribution in [2.24, 2.45) is 23.7 Å². The molecular formula is C24H34F2O2. The number of epoxide rings is 1. The van der Waals surface area contributed by atoms with Gasteiger partial charge in [0.2, 0.25) is 5.82 Å². The molecule has 1 heterocycles. The maximum absolute atomic E-state index is 14.2. The fourth-order valence-corrected chi connectivity index (χ4v) is 5.52. The number of hydrogen-bond donors (Lipinski definition) is 0. The van der Waals surface area contributed by atoms with Crippen LogP contribution in [0, 0.1) is 35.3 Å². The largest absolute Gasteiger partial charge is 0.490 e. The molecule has 3 aliphatic rings. The lowest BCUT2D eigenvalue weighted by Crippen LogP contribution is -2.27. The fourth-order valence-electron chi connectivity index (χ4n) is 5.52. The summed E-state index contributed by atoms with van der Waals surface area (Å²) in [6, 6.07) is 3.15. The van der Waals surface area contributed by atoms with Gasteiger partial charge in [-0.1, -0.05) is 32.6 Å². The average Bonchev–Trinajstić information content (AvgIpc) is 3.56. The van der Waals surface area contributed by atoms with E-state index in [1.54, 1.807) is 12.1 Å². The van der Waals surface area contributed by atoms with Crippen molar-refractivity contribution < 1.29 is 18.3 Å². The van der Waals surface area contributed by atoms with Gasteiger partial charge in [0.05, 0.1) is 13.2 Å². The van der Waals surface area contributed by atoms with Gasteiger partial charge in [-0.25, -0.2) is 4.39 Å². The Morgan fingerprint density at radius 1 is 0.893 bits per heavy atom. The Morgan fingerprint density at radius 3 is 2.07 bits per heavy atom. The van der Waals surface area contributed by atoms with Crippen molar-refractivity contribution >= 4 is 0 Å². The van der Waals surface area contributed by atoms with Gasteiger partial charge < -0.3 is 9.47 Å². The van der Waals surface area contributed by atoms with Crippen molar-refractivity contribution in [3.05, 3.63) is 29.3 Å². The highest BCUT2D eigenvalue weighted by Crippen LogP contribution is 2.42. The molecule has 1 unspecified atom stereocenters. The third kappa shape index (κ3) is 4.69. The molecule has 0 aromatic heterocycles. The van der Waals surface area contributed by atoms with Gasteiger partial charge in [0, 0.05) is 5.56 Å². The zero-order valence-electron chi connectivity index (χ0n) is 17.1. The molecule has 0 radical (unpaired) electrons. The summed E-state index contributed by atoms with van der Waals surface area (Å²) in [4.78, 5) is 0. The summed E-state index contributed by atoms with van der Waals surface area (Å²) >= 11 is 0. The smallest absolute Gasteiger partial charge is 0.200 e. The second-order valence-electron chi connectivity index (χ2n) is 9.26. The minimum Gasteiger partial charge on any atom is -0.490 e. The summed E-state index contributed by atoms with van der Waals surface area (Å²) in [6.07, 6.45) is 13.0. The Kier molecular flexibility index (Phi) is 6.55. The third-order valence-corrected chi connectivity index (χ3v) is 7.38. The molecule has 0 amide bonds. The van der Waals surface area contributed by atoms with E-state index in [0.717, 1.165) is 30.6 Å². The molecule has 2 saturated carbocycles. The maximum Gasteiger partial charge on any atom is 0.200 e. The lowest BCUT2D eigenvalue weighted by atomic mass is 9.69. The topological polar surface area (TPSA) is 21.8 Å². The van der Waals surface area contributed by atoms with Gasteiger partial charge in [-0.3, -0.25) is 0 Å². The summed E-state index contributed by atoms with van der Waals surface area (Å²) in [5, 5.41) is 0. The van der Waals surface area contributed by atoms with Crippen molar-refractivity contribution in [2.75, 3.05) is 13.2 Å². The van der Waals surface area contributed by atoms with Crippen molar-refractivity contribution in [1.29, 1.82) is 0 Å². The van der Waals surface area contributed by atoms with Crippen LogP contribution in [0.2, 0.25) is 0 Å². The van der Waals surface area contributed by atoms with Crippen molar-refractivity contribution in [3.63, 3.8) is 0 Å². The van der Waals surface area contributed by atoms with Crippen LogP contribution in [0.1, 0.15) is 82.8 Å². The van der Waals surface area contributed by atoms with E-state index in [9.17, 15) is 8.78 Å². The predicted molar refractivity (Wildman–Crippen MR) is 106 cm³/mol. The predicted octanol–water partition coefficient (Wildman–Crippen LogP) is 6.83. The first kappa shape index (κ1) is 20.1. The second-order valence-corrected chi connectivity index (χ2v) is 9.26. The number of hydrogen-bond acceptors (Lipinski definition) is 2. The maximum atomic E-state index is 14.2. The third-order valence-electron chi connectivity index (χ3n) is 7.38. The first-order chi connectivity index (χ1) is 13.7. The van der Waals surface area contributed by atoms with E-state index in [4.69, 9.17) is 9.47 Å². The van der Waals surface area contributed by atoms with Gasteiger partial charge in [0.15, 0.2) is 11.6 Å². The normalized spacial score (nSPS) is 32.9. The Morgan fingerprint density at radius 2 is 1.50 bits per heavy atom. The molecule has 28 heavy (non-hydrogen) atoms. The van der Waals surface area contributed by atoms with Crippen LogP contribution in [-0.2, 0) is 4.74 Å². The average molecular weight is 393 g/mol. The molecule has 2 nitrogen and oxygen atoms in total. The lowest BCUT2D eigenvalue weighted by molar-refractivity contribution is 0.120. The molecule has 1 saturated heterocycles. The molecule has 0 spiro atoms. The Labute approximate surface area is 168 Å². The molecule has 1 aromatic carbocycles. The molecule has 1 aromatic rings. The van der Waals surface area contributed by atoms with Crippen LogP contribution >= 0.6 is 0 Å². The van der Waals surface area contributed by atoms with Crippen molar-refractivity contribution in [2.45, 2.75) is 77.2 Å². The molecule has 156 valence electrons. The van der Waals surface area contributed by atoms with Crippen LogP contribution in [0.3, 0.4) is 0 Å². The van der Waals surface area contributed by atoms with Gasteiger partial charge in [-0.15, -0.1) is 0 Å². The Balaban J connectivity index is 1.21. The monoisotopic (exact) mass is 392 g/mol. The van der Waals surface area contributed by atoms with Crippen LogP contribution in [0.25, 0.3) is 0 Å². The quantitative estimate of drug-likeness (QED) is 0.475. The van der Waals surface area contributed by atoms with Crippen LogP contribution < -0.4 is 4.74 Å². The minimum absolute atomic E-state index is 0.0401. The van der Waals surface area contributed by atoms with Gasteiger partial charge in [-0.2, -0.15) is 4.39 Å². The van der Waals surface area contributed by atoms with E-state index in [1.165, 1.54) is 51.4 Å². The molecule has 4 rings (SSSR count). The first-order valence-corrected chi connectivity index (χ1v) is 11.4. The molecule has 1 aliphatic heterocycles. The van der Waals surface area contributed by atoms with Crippen molar-refractivity contribution in [3.8, 4) is 5.75 Å². The number of rotatable bonds is 7. The highest BCUT2D eigenvalue weighted by atomic mass is 19.2. The van der Waals surface area contributed by atoms with Crippen LogP contribution in [-0.4, -0.2) is 13.2 Å². The lowest BCUT2D eigenvalue weighted by Gasteiger charge is -2.37. The van der Waals surface area contributed by atoms with E-state index in [0.29, 0.717) is 24.7 Å². The van der Waals surface area contributed by atoms with Crippen molar-refractivity contribution in [1.82, 2.24) is 0 Å². The van der Waals surface area contributed by atoms with E-state index < -0.39 is 11.6 Å². The summed E-state index contributed by atoms with van der Waals surface area (Å²) in [5.41, 5.74) is 0.305. The number of halogens is 2. The van der Waals surface area contributed by atoms with E-state index in [1.807, 2.05) is 0 Å². The number of benzene rings is 1. The Bertz CT molecular complexity index is 642. The molecule has 2 aliphatic carbocycles. The molecule has 0 bridgehead atoms.